The summed E-state index contributed by atoms with van der Waals surface area (Å²) in [6, 6.07) is 19.8. The fourth-order valence-electron chi connectivity index (χ4n) is 3.56. The van der Waals surface area contributed by atoms with E-state index in [0.29, 0.717) is 6.42 Å². The maximum atomic E-state index is 12.4. The Bertz CT molecular complexity index is 962. The second-order valence-corrected chi connectivity index (χ2v) is 7.27. The zero-order valence-corrected chi connectivity index (χ0v) is 16.1. The number of benzene rings is 2. The van der Waals surface area contributed by atoms with Gasteiger partial charge in [0.05, 0.1) is 12.1 Å². The highest BCUT2D eigenvalue weighted by atomic mass is 16.1. The molecule has 1 aliphatic rings. The van der Waals surface area contributed by atoms with Crippen molar-refractivity contribution in [2.24, 2.45) is 0 Å². The Morgan fingerprint density at radius 3 is 2.57 bits per heavy atom. The first-order valence-electron chi connectivity index (χ1n) is 9.72. The van der Waals surface area contributed by atoms with Crippen molar-refractivity contribution in [2.75, 3.05) is 23.3 Å². The monoisotopic (exact) mass is 372 g/mol. The first kappa shape index (κ1) is 18.2. The van der Waals surface area contributed by atoms with Crippen LogP contribution in [0.25, 0.3) is 11.3 Å². The van der Waals surface area contributed by atoms with Crippen molar-refractivity contribution in [3.8, 4) is 11.3 Å². The molecule has 1 aliphatic heterocycles. The van der Waals surface area contributed by atoms with Crippen molar-refractivity contribution >= 4 is 17.4 Å². The van der Waals surface area contributed by atoms with Crippen molar-refractivity contribution in [1.29, 1.82) is 0 Å². The van der Waals surface area contributed by atoms with E-state index in [2.05, 4.69) is 20.4 Å². The standard InChI is InChI=1S/C23H24N4O/c1-17-6-4-7-18(14-17)15-23(28)24-20-9-5-8-19(16-20)21-10-11-22(26-25-21)27-12-2-3-13-27/h4-11,14,16H,2-3,12-13,15H2,1H3,(H,24,28). The smallest absolute Gasteiger partial charge is 0.228 e. The molecule has 1 aromatic heterocycles. The highest BCUT2D eigenvalue weighted by molar-refractivity contribution is 5.92. The van der Waals surface area contributed by atoms with Gasteiger partial charge in [-0.25, -0.2) is 0 Å². The van der Waals surface area contributed by atoms with Crippen LogP contribution in [0.2, 0.25) is 0 Å². The molecule has 4 rings (SSSR count). The summed E-state index contributed by atoms with van der Waals surface area (Å²) in [6.45, 7) is 4.13. The molecule has 28 heavy (non-hydrogen) atoms. The minimum atomic E-state index is -0.0294. The van der Waals surface area contributed by atoms with Crippen LogP contribution >= 0.6 is 0 Å². The lowest BCUT2D eigenvalue weighted by molar-refractivity contribution is -0.115. The Kier molecular flexibility index (Phi) is 5.33. The van der Waals surface area contributed by atoms with E-state index in [4.69, 9.17) is 0 Å². The van der Waals surface area contributed by atoms with Gasteiger partial charge in [-0.1, -0.05) is 42.0 Å². The normalized spacial score (nSPS) is 13.5. The average Bonchev–Trinajstić information content (AvgIpc) is 3.23. The maximum Gasteiger partial charge on any atom is 0.228 e. The van der Waals surface area contributed by atoms with Gasteiger partial charge in [-0.3, -0.25) is 4.79 Å². The minimum absolute atomic E-state index is 0.0294. The molecular weight excluding hydrogens is 348 g/mol. The molecule has 1 saturated heterocycles. The summed E-state index contributed by atoms with van der Waals surface area (Å²) in [4.78, 5) is 14.7. The van der Waals surface area contributed by atoms with Gasteiger partial charge in [-0.2, -0.15) is 0 Å². The molecule has 2 aromatic carbocycles. The molecule has 1 N–H and O–H groups in total. The highest BCUT2D eigenvalue weighted by Gasteiger charge is 2.14. The number of carbonyl (C=O) groups is 1. The Morgan fingerprint density at radius 1 is 1.00 bits per heavy atom. The fourth-order valence-corrected chi connectivity index (χ4v) is 3.56. The van der Waals surface area contributed by atoms with Crippen LogP contribution in [-0.2, 0) is 11.2 Å². The highest BCUT2D eigenvalue weighted by Crippen LogP contribution is 2.23. The number of amides is 1. The van der Waals surface area contributed by atoms with Crippen LogP contribution in [0.3, 0.4) is 0 Å². The number of aromatic nitrogens is 2. The summed E-state index contributed by atoms with van der Waals surface area (Å²) in [5, 5.41) is 11.7. The SMILES string of the molecule is Cc1cccc(CC(=O)Nc2cccc(-c3ccc(N4CCCC4)nn3)c2)c1. The van der Waals surface area contributed by atoms with Crippen LogP contribution in [0.15, 0.2) is 60.7 Å². The summed E-state index contributed by atoms with van der Waals surface area (Å²) in [5.41, 5.74) is 4.67. The van der Waals surface area contributed by atoms with Crippen LogP contribution in [0.5, 0.6) is 0 Å². The van der Waals surface area contributed by atoms with E-state index < -0.39 is 0 Å². The van der Waals surface area contributed by atoms with Gasteiger partial charge in [-0.05, 0) is 49.6 Å². The van der Waals surface area contributed by atoms with Crippen molar-refractivity contribution in [3.05, 3.63) is 71.8 Å². The molecule has 0 atom stereocenters. The molecule has 0 bridgehead atoms. The Balaban J connectivity index is 1.44. The number of nitrogens with one attached hydrogen (secondary N) is 1. The lowest BCUT2D eigenvalue weighted by Crippen LogP contribution is -2.19. The van der Waals surface area contributed by atoms with E-state index >= 15 is 0 Å². The molecule has 0 radical (unpaired) electrons. The third-order valence-corrected chi connectivity index (χ3v) is 4.97. The zero-order chi connectivity index (χ0) is 19.3. The topological polar surface area (TPSA) is 58.1 Å². The number of hydrogen-bond acceptors (Lipinski definition) is 4. The summed E-state index contributed by atoms with van der Waals surface area (Å²) >= 11 is 0. The van der Waals surface area contributed by atoms with Gasteiger partial charge in [0.15, 0.2) is 5.82 Å². The van der Waals surface area contributed by atoms with Gasteiger partial charge in [-0.15, -0.1) is 10.2 Å². The Labute approximate surface area is 165 Å². The Morgan fingerprint density at radius 2 is 1.82 bits per heavy atom. The van der Waals surface area contributed by atoms with Crippen LogP contribution in [0.1, 0.15) is 24.0 Å². The van der Waals surface area contributed by atoms with Crippen LogP contribution in [0, 0.1) is 6.92 Å². The van der Waals surface area contributed by atoms with Gasteiger partial charge in [0.25, 0.3) is 0 Å². The molecule has 0 unspecified atom stereocenters. The molecule has 1 fully saturated rings. The number of carbonyl (C=O) groups excluding carboxylic acids is 1. The predicted molar refractivity (Wildman–Crippen MR) is 112 cm³/mol. The molecule has 0 aliphatic carbocycles. The minimum Gasteiger partial charge on any atom is -0.355 e. The van der Waals surface area contributed by atoms with Crippen molar-refractivity contribution in [1.82, 2.24) is 10.2 Å². The maximum absolute atomic E-state index is 12.4. The van der Waals surface area contributed by atoms with Gasteiger partial charge in [0.2, 0.25) is 5.91 Å². The van der Waals surface area contributed by atoms with E-state index in [9.17, 15) is 4.79 Å². The van der Waals surface area contributed by atoms with Crippen LogP contribution < -0.4 is 10.2 Å². The molecule has 1 amide bonds. The van der Waals surface area contributed by atoms with E-state index in [0.717, 1.165) is 47.0 Å². The summed E-state index contributed by atoms with van der Waals surface area (Å²) < 4.78 is 0. The molecule has 0 spiro atoms. The quantitative estimate of drug-likeness (QED) is 0.728. The second kappa shape index (κ2) is 8.21. The van der Waals surface area contributed by atoms with Crippen LogP contribution in [0.4, 0.5) is 11.5 Å². The molecule has 3 aromatic rings. The van der Waals surface area contributed by atoms with E-state index in [-0.39, 0.29) is 5.91 Å². The predicted octanol–water partition coefficient (Wildman–Crippen LogP) is 4.23. The van der Waals surface area contributed by atoms with E-state index in [1.807, 2.05) is 67.6 Å². The van der Waals surface area contributed by atoms with Crippen LogP contribution in [-0.4, -0.2) is 29.2 Å². The number of aryl methyl sites for hydroxylation is 1. The molecule has 142 valence electrons. The molecule has 5 nitrogen and oxygen atoms in total. The first-order chi connectivity index (χ1) is 13.7. The summed E-state index contributed by atoms with van der Waals surface area (Å²) in [5.74, 6) is 0.905. The molecule has 0 saturated carbocycles. The van der Waals surface area contributed by atoms with Gasteiger partial charge in [0.1, 0.15) is 0 Å². The lowest BCUT2D eigenvalue weighted by atomic mass is 10.1. The molecule has 2 heterocycles. The Hall–Kier alpha value is -3.21. The first-order valence-corrected chi connectivity index (χ1v) is 9.72. The number of anilines is 2. The zero-order valence-electron chi connectivity index (χ0n) is 16.1. The third-order valence-electron chi connectivity index (χ3n) is 4.97. The third kappa shape index (κ3) is 4.36. The largest absolute Gasteiger partial charge is 0.355 e. The van der Waals surface area contributed by atoms with E-state index in [1.165, 1.54) is 12.8 Å². The van der Waals surface area contributed by atoms with Gasteiger partial charge in [0, 0.05) is 24.3 Å². The fraction of sp³-hybridized carbons (Fsp3) is 0.261. The van der Waals surface area contributed by atoms with Crippen molar-refractivity contribution in [3.63, 3.8) is 0 Å². The summed E-state index contributed by atoms with van der Waals surface area (Å²) in [7, 11) is 0. The van der Waals surface area contributed by atoms with Crippen molar-refractivity contribution < 1.29 is 4.79 Å². The van der Waals surface area contributed by atoms with Gasteiger partial charge >= 0.3 is 0 Å². The second-order valence-electron chi connectivity index (χ2n) is 7.27. The molecule has 5 heteroatoms. The molecular formula is C23H24N4O. The number of hydrogen-bond donors (Lipinski definition) is 1. The van der Waals surface area contributed by atoms with Crippen molar-refractivity contribution in [2.45, 2.75) is 26.2 Å². The summed E-state index contributed by atoms with van der Waals surface area (Å²) in [6.07, 6.45) is 2.79. The van der Waals surface area contributed by atoms with E-state index in [1.54, 1.807) is 0 Å². The lowest BCUT2D eigenvalue weighted by Gasteiger charge is -2.15. The number of rotatable bonds is 5. The van der Waals surface area contributed by atoms with Gasteiger partial charge < -0.3 is 10.2 Å². The number of nitrogens with zero attached hydrogens (tertiary/aromatic N) is 3. The average molecular weight is 372 g/mol.